The fourth-order valence-electron chi connectivity index (χ4n) is 1.44. The van der Waals surface area contributed by atoms with E-state index in [0.717, 1.165) is 29.2 Å². The summed E-state index contributed by atoms with van der Waals surface area (Å²) in [5.41, 5.74) is 0.192. The third kappa shape index (κ3) is 3.32. The second-order valence-electron chi connectivity index (χ2n) is 3.88. The Morgan fingerprint density at radius 3 is 2.60 bits per heavy atom. The first kappa shape index (κ1) is 14.0. The number of sulfonamides is 1. The SMILES string of the molecule is O=C(O)Cn1cc(S(=O)(=O)Nc2ccc(F)cc2)cn1. The monoisotopic (exact) mass is 299 g/mol. The highest BCUT2D eigenvalue weighted by Crippen LogP contribution is 2.15. The van der Waals surface area contributed by atoms with Gasteiger partial charge in [0.25, 0.3) is 10.0 Å². The first-order valence-electron chi connectivity index (χ1n) is 5.39. The Kier molecular flexibility index (Phi) is 3.70. The van der Waals surface area contributed by atoms with Crippen molar-refractivity contribution in [2.24, 2.45) is 0 Å². The molecule has 0 spiro atoms. The van der Waals surface area contributed by atoms with Crippen molar-refractivity contribution in [3.63, 3.8) is 0 Å². The number of hydrogen-bond donors (Lipinski definition) is 2. The van der Waals surface area contributed by atoms with Crippen LogP contribution in [0, 0.1) is 5.82 Å². The van der Waals surface area contributed by atoms with E-state index in [1.165, 1.54) is 12.1 Å². The van der Waals surface area contributed by atoms with Gasteiger partial charge in [0.1, 0.15) is 17.3 Å². The van der Waals surface area contributed by atoms with Gasteiger partial charge in [0.05, 0.1) is 6.20 Å². The Balaban J connectivity index is 2.19. The molecule has 7 nitrogen and oxygen atoms in total. The van der Waals surface area contributed by atoms with E-state index in [-0.39, 0.29) is 10.6 Å². The lowest BCUT2D eigenvalue weighted by Crippen LogP contribution is -2.13. The lowest BCUT2D eigenvalue weighted by Gasteiger charge is -2.05. The zero-order valence-corrected chi connectivity index (χ0v) is 10.8. The molecule has 106 valence electrons. The highest BCUT2D eigenvalue weighted by atomic mass is 32.2. The summed E-state index contributed by atoms with van der Waals surface area (Å²) in [5, 5.41) is 12.2. The molecule has 0 saturated heterocycles. The Morgan fingerprint density at radius 2 is 2.00 bits per heavy atom. The normalized spacial score (nSPS) is 11.2. The highest BCUT2D eigenvalue weighted by molar-refractivity contribution is 7.92. The number of halogens is 1. The van der Waals surface area contributed by atoms with Crippen molar-refractivity contribution in [1.29, 1.82) is 0 Å². The molecule has 1 aromatic heterocycles. The van der Waals surface area contributed by atoms with Gasteiger partial charge in [-0.1, -0.05) is 0 Å². The number of nitrogens with zero attached hydrogens (tertiary/aromatic N) is 2. The summed E-state index contributed by atoms with van der Waals surface area (Å²) in [6, 6.07) is 4.78. The quantitative estimate of drug-likeness (QED) is 0.854. The molecule has 0 saturated carbocycles. The van der Waals surface area contributed by atoms with Crippen LogP contribution in [-0.4, -0.2) is 29.3 Å². The molecule has 0 atom stereocenters. The molecule has 0 fully saturated rings. The van der Waals surface area contributed by atoms with Gasteiger partial charge in [-0.25, -0.2) is 12.8 Å². The van der Waals surface area contributed by atoms with E-state index in [2.05, 4.69) is 9.82 Å². The smallest absolute Gasteiger partial charge is 0.325 e. The van der Waals surface area contributed by atoms with Gasteiger partial charge in [-0.2, -0.15) is 5.10 Å². The third-order valence-corrected chi connectivity index (χ3v) is 3.65. The Morgan fingerprint density at radius 1 is 1.35 bits per heavy atom. The summed E-state index contributed by atoms with van der Waals surface area (Å²) in [4.78, 5) is 10.3. The Labute approximate surface area is 113 Å². The summed E-state index contributed by atoms with van der Waals surface area (Å²) in [6.45, 7) is -0.438. The van der Waals surface area contributed by atoms with E-state index >= 15 is 0 Å². The van der Waals surface area contributed by atoms with Crippen molar-refractivity contribution >= 4 is 21.7 Å². The average molecular weight is 299 g/mol. The zero-order valence-electron chi connectivity index (χ0n) is 10.0. The van der Waals surface area contributed by atoms with Gasteiger partial charge >= 0.3 is 5.97 Å². The number of carbonyl (C=O) groups is 1. The molecule has 0 amide bonds. The van der Waals surface area contributed by atoms with Gasteiger partial charge in [-0.05, 0) is 24.3 Å². The fraction of sp³-hybridized carbons (Fsp3) is 0.0909. The molecule has 0 bridgehead atoms. The molecule has 2 aromatic rings. The molecule has 0 aliphatic heterocycles. The van der Waals surface area contributed by atoms with Crippen molar-refractivity contribution < 1.29 is 22.7 Å². The van der Waals surface area contributed by atoms with Crippen LogP contribution in [-0.2, 0) is 21.4 Å². The number of aliphatic carboxylic acids is 1. The average Bonchev–Trinajstić information content (AvgIpc) is 2.80. The molecular weight excluding hydrogens is 289 g/mol. The van der Waals surface area contributed by atoms with E-state index in [1.54, 1.807) is 0 Å². The van der Waals surface area contributed by atoms with Crippen molar-refractivity contribution in [1.82, 2.24) is 9.78 Å². The second kappa shape index (κ2) is 5.29. The number of nitrogens with one attached hydrogen (secondary N) is 1. The van der Waals surface area contributed by atoms with Crippen LogP contribution in [0.25, 0.3) is 0 Å². The number of hydrogen-bond acceptors (Lipinski definition) is 4. The summed E-state index contributed by atoms with van der Waals surface area (Å²) in [7, 11) is -3.89. The number of aromatic nitrogens is 2. The van der Waals surface area contributed by atoms with E-state index in [1.807, 2.05) is 0 Å². The number of anilines is 1. The van der Waals surface area contributed by atoms with E-state index in [9.17, 15) is 17.6 Å². The minimum atomic E-state index is -3.89. The van der Waals surface area contributed by atoms with Crippen LogP contribution in [0.3, 0.4) is 0 Å². The first-order chi connectivity index (χ1) is 9.37. The van der Waals surface area contributed by atoms with Gasteiger partial charge in [-0.15, -0.1) is 0 Å². The van der Waals surface area contributed by atoms with Crippen LogP contribution in [0.15, 0.2) is 41.6 Å². The molecule has 0 aliphatic rings. The van der Waals surface area contributed by atoms with Crippen LogP contribution in [0.2, 0.25) is 0 Å². The topological polar surface area (TPSA) is 101 Å². The van der Waals surface area contributed by atoms with Crippen LogP contribution in [0.4, 0.5) is 10.1 Å². The maximum absolute atomic E-state index is 12.7. The number of benzene rings is 1. The number of carboxylic acids is 1. The minimum absolute atomic E-state index is 0.178. The molecular formula is C11H10FN3O4S. The van der Waals surface area contributed by atoms with E-state index in [0.29, 0.717) is 0 Å². The standard InChI is InChI=1S/C11H10FN3O4S/c12-8-1-3-9(4-2-8)14-20(18,19)10-5-13-15(6-10)7-11(16)17/h1-6,14H,7H2,(H,16,17). The van der Waals surface area contributed by atoms with Gasteiger partial charge in [0.2, 0.25) is 0 Å². The molecule has 0 aliphatic carbocycles. The van der Waals surface area contributed by atoms with Crippen molar-refractivity contribution in [3.05, 3.63) is 42.5 Å². The van der Waals surface area contributed by atoms with Crippen LogP contribution < -0.4 is 4.72 Å². The lowest BCUT2D eigenvalue weighted by molar-refractivity contribution is -0.137. The summed E-state index contributed by atoms with van der Waals surface area (Å²) < 4.78 is 39.9. The zero-order chi connectivity index (χ0) is 14.8. The minimum Gasteiger partial charge on any atom is -0.480 e. The molecule has 1 aromatic carbocycles. The Hall–Kier alpha value is -2.42. The van der Waals surface area contributed by atoms with Crippen molar-refractivity contribution in [2.45, 2.75) is 11.4 Å². The van der Waals surface area contributed by atoms with Gasteiger partial charge in [-0.3, -0.25) is 14.2 Å². The van der Waals surface area contributed by atoms with Crippen LogP contribution >= 0.6 is 0 Å². The molecule has 0 unspecified atom stereocenters. The van der Waals surface area contributed by atoms with Crippen molar-refractivity contribution in [2.75, 3.05) is 4.72 Å². The predicted octanol–water partition coefficient (Wildman–Crippen LogP) is 0.908. The molecule has 0 radical (unpaired) electrons. The molecule has 9 heteroatoms. The number of carboxylic acid groups (broad SMARTS) is 1. The summed E-state index contributed by atoms with van der Waals surface area (Å²) in [5.74, 6) is -1.62. The predicted molar refractivity (Wildman–Crippen MR) is 67.1 cm³/mol. The third-order valence-electron chi connectivity index (χ3n) is 2.31. The van der Waals surface area contributed by atoms with E-state index in [4.69, 9.17) is 5.11 Å². The highest BCUT2D eigenvalue weighted by Gasteiger charge is 2.17. The molecule has 2 N–H and O–H groups in total. The van der Waals surface area contributed by atoms with Gasteiger partial charge in [0, 0.05) is 11.9 Å². The molecule has 1 heterocycles. The van der Waals surface area contributed by atoms with E-state index < -0.39 is 28.4 Å². The maximum atomic E-state index is 12.7. The first-order valence-corrected chi connectivity index (χ1v) is 6.88. The fourth-order valence-corrected chi connectivity index (χ4v) is 2.45. The summed E-state index contributed by atoms with van der Waals surface area (Å²) >= 11 is 0. The number of rotatable bonds is 5. The van der Waals surface area contributed by atoms with Crippen LogP contribution in [0.1, 0.15) is 0 Å². The Bertz CT molecular complexity index is 724. The second-order valence-corrected chi connectivity index (χ2v) is 5.56. The molecule has 2 rings (SSSR count). The van der Waals surface area contributed by atoms with Crippen molar-refractivity contribution in [3.8, 4) is 0 Å². The van der Waals surface area contributed by atoms with Gasteiger partial charge < -0.3 is 5.11 Å². The lowest BCUT2D eigenvalue weighted by atomic mass is 10.3. The summed E-state index contributed by atoms with van der Waals surface area (Å²) in [6.07, 6.45) is 2.13. The largest absolute Gasteiger partial charge is 0.480 e. The van der Waals surface area contributed by atoms with Crippen LogP contribution in [0.5, 0.6) is 0 Å². The molecule has 20 heavy (non-hydrogen) atoms. The van der Waals surface area contributed by atoms with Gasteiger partial charge in [0.15, 0.2) is 0 Å². The maximum Gasteiger partial charge on any atom is 0.325 e.